The van der Waals surface area contributed by atoms with Gasteiger partial charge < -0.3 is 14.4 Å². The lowest BCUT2D eigenvalue weighted by atomic mass is 10.2. The van der Waals surface area contributed by atoms with Crippen LogP contribution in [0.5, 0.6) is 0 Å². The maximum Gasteiger partial charge on any atom is 0.323 e. The van der Waals surface area contributed by atoms with Gasteiger partial charge in [0.05, 0.1) is 0 Å². The molecule has 0 saturated heterocycles. The third-order valence-corrected chi connectivity index (χ3v) is 3.45. The summed E-state index contributed by atoms with van der Waals surface area (Å²) in [5.74, 6) is -3.88. The zero-order valence-corrected chi connectivity index (χ0v) is 11.8. The molecule has 1 fully saturated rings. The van der Waals surface area contributed by atoms with Crippen molar-refractivity contribution in [3.63, 3.8) is 0 Å². The van der Waals surface area contributed by atoms with Crippen molar-refractivity contribution in [2.75, 3.05) is 6.54 Å². The molecular formula is C15H12F2N2O4. The van der Waals surface area contributed by atoms with Crippen LogP contribution in [-0.2, 0) is 4.79 Å². The number of carbonyl (C=O) groups excluding carboxylic acids is 1. The first-order chi connectivity index (χ1) is 11.0. The predicted octanol–water partition coefficient (Wildman–Crippen LogP) is 2.31. The number of oxazole rings is 1. The third-order valence-electron chi connectivity index (χ3n) is 3.45. The number of aliphatic carboxylic acids is 1. The molecule has 0 aliphatic heterocycles. The molecule has 3 rings (SSSR count). The van der Waals surface area contributed by atoms with Crippen LogP contribution in [0.3, 0.4) is 0 Å². The molecule has 1 aliphatic rings. The van der Waals surface area contributed by atoms with Crippen LogP contribution in [0, 0.1) is 11.6 Å². The van der Waals surface area contributed by atoms with E-state index in [1.165, 1.54) is 11.0 Å². The maximum atomic E-state index is 13.7. The van der Waals surface area contributed by atoms with Gasteiger partial charge in [0.25, 0.3) is 5.91 Å². The number of carboxylic acid groups (broad SMARTS) is 1. The second-order valence-corrected chi connectivity index (χ2v) is 5.19. The van der Waals surface area contributed by atoms with Gasteiger partial charge in [-0.3, -0.25) is 9.59 Å². The zero-order chi connectivity index (χ0) is 16.6. The van der Waals surface area contributed by atoms with Gasteiger partial charge in [0.15, 0.2) is 5.69 Å². The van der Waals surface area contributed by atoms with Gasteiger partial charge in [0, 0.05) is 6.04 Å². The molecule has 23 heavy (non-hydrogen) atoms. The molecule has 1 amide bonds. The Kier molecular flexibility index (Phi) is 3.81. The standard InChI is InChI=1S/C15H12F2N2O4/c16-9-2-1-3-10(17)13(9)14-18-11(7-23-14)15(22)19(6-12(20)21)8-4-5-8/h1-3,7-8H,4-6H2,(H,20,21). The SMILES string of the molecule is O=C(O)CN(C(=O)c1coc(-c2c(F)cccc2F)n1)C1CC1. The molecule has 0 radical (unpaired) electrons. The first-order valence-corrected chi connectivity index (χ1v) is 6.90. The Morgan fingerprint density at radius 2 is 1.96 bits per heavy atom. The minimum absolute atomic E-state index is 0.149. The van der Waals surface area contributed by atoms with Crippen LogP contribution in [0.15, 0.2) is 28.9 Å². The van der Waals surface area contributed by atoms with E-state index in [0.717, 1.165) is 18.4 Å². The summed E-state index contributed by atoms with van der Waals surface area (Å²) in [5, 5.41) is 8.88. The summed E-state index contributed by atoms with van der Waals surface area (Å²) < 4.78 is 32.4. The van der Waals surface area contributed by atoms with Crippen molar-refractivity contribution in [1.82, 2.24) is 9.88 Å². The molecule has 1 aromatic carbocycles. The summed E-state index contributed by atoms with van der Waals surface area (Å²) >= 11 is 0. The fourth-order valence-electron chi connectivity index (χ4n) is 2.23. The fourth-order valence-corrected chi connectivity index (χ4v) is 2.23. The number of hydrogen-bond acceptors (Lipinski definition) is 4. The van der Waals surface area contributed by atoms with E-state index in [4.69, 9.17) is 9.52 Å². The van der Waals surface area contributed by atoms with Gasteiger partial charge in [-0.05, 0) is 25.0 Å². The van der Waals surface area contributed by atoms with Crippen molar-refractivity contribution in [3.05, 3.63) is 41.8 Å². The summed E-state index contributed by atoms with van der Waals surface area (Å²) in [7, 11) is 0. The van der Waals surface area contributed by atoms with Gasteiger partial charge in [-0.25, -0.2) is 13.8 Å². The van der Waals surface area contributed by atoms with Crippen LogP contribution in [0.25, 0.3) is 11.5 Å². The van der Waals surface area contributed by atoms with Gasteiger partial charge in [0.2, 0.25) is 5.89 Å². The molecule has 1 N–H and O–H groups in total. The normalized spacial score (nSPS) is 13.8. The minimum Gasteiger partial charge on any atom is -0.480 e. The lowest BCUT2D eigenvalue weighted by Gasteiger charge is -2.18. The summed E-state index contributed by atoms with van der Waals surface area (Å²) in [6, 6.07) is 3.14. The second kappa shape index (κ2) is 5.79. The van der Waals surface area contributed by atoms with Crippen LogP contribution in [0.2, 0.25) is 0 Å². The van der Waals surface area contributed by atoms with E-state index < -0.39 is 35.6 Å². The minimum atomic E-state index is -1.14. The van der Waals surface area contributed by atoms with Crippen LogP contribution >= 0.6 is 0 Å². The molecule has 0 atom stereocenters. The van der Waals surface area contributed by atoms with Gasteiger partial charge >= 0.3 is 5.97 Å². The predicted molar refractivity (Wildman–Crippen MR) is 73.5 cm³/mol. The van der Waals surface area contributed by atoms with Gasteiger partial charge in [0.1, 0.15) is 30.0 Å². The average Bonchev–Trinajstić information content (AvgIpc) is 3.22. The van der Waals surface area contributed by atoms with Crippen molar-refractivity contribution >= 4 is 11.9 Å². The number of hydrogen-bond donors (Lipinski definition) is 1. The highest BCUT2D eigenvalue weighted by Gasteiger charge is 2.35. The summed E-state index contributed by atoms with van der Waals surface area (Å²) in [6.45, 7) is -0.459. The summed E-state index contributed by atoms with van der Waals surface area (Å²) in [4.78, 5) is 28.2. The molecule has 1 aliphatic carbocycles. The van der Waals surface area contributed by atoms with Crippen LogP contribution in [0.1, 0.15) is 23.3 Å². The van der Waals surface area contributed by atoms with E-state index in [0.29, 0.717) is 12.8 Å². The molecule has 2 aromatic rings. The Morgan fingerprint density at radius 1 is 1.30 bits per heavy atom. The Labute approximate surface area is 129 Å². The molecule has 120 valence electrons. The number of rotatable bonds is 5. The van der Waals surface area contributed by atoms with Crippen molar-refractivity contribution in [2.45, 2.75) is 18.9 Å². The highest BCUT2D eigenvalue weighted by molar-refractivity contribution is 5.94. The van der Waals surface area contributed by atoms with E-state index in [1.54, 1.807) is 0 Å². The summed E-state index contributed by atoms with van der Waals surface area (Å²) in [6.07, 6.45) is 2.40. The average molecular weight is 322 g/mol. The van der Waals surface area contributed by atoms with E-state index in [2.05, 4.69) is 4.98 Å². The molecule has 6 nitrogen and oxygen atoms in total. The number of carboxylic acids is 1. The highest BCUT2D eigenvalue weighted by Crippen LogP contribution is 2.29. The molecular weight excluding hydrogens is 310 g/mol. The molecule has 0 unspecified atom stereocenters. The van der Waals surface area contributed by atoms with E-state index in [-0.39, 0.29) is 17.6 Å². The Morgan fingerprint density at radius 3 is 2.52 bits per heavy atom. The van der Waals surface area contributed by atoms with Crippen LogP contribution < -0.4 is 0 Å². The third kappa shape index (κ3) is 3.05. The molecule has 0 bridgehead atoms. The Hall–Kier alpha value is -2.77. The smallest absolute Gasteiger partial charge is 0.323 e. The van der Waals surface area contributed by atoms with Crippen molar-refractivity contribution < 1.29 is 27.9 Å². The van der Waals surface area contributed by atoms with E-state index >= 15 is 0 Å². The number of halogens is 2. The highest BCUT2D eigenvalue weighted by atomic mass is 19.1. The van der Waals surface area contributed by atoms with Gasteiger partial charge in [-0.1, -0.05) is 6.07 Å². The van der Waals surface area contributed by atoms with Crippen molar-refractivity contribution in [2.24, 2.45) is 0 Å². The number of amides is 1. The van der Waals surface area contributed by atoms with Crippen LogP contribution in [-0.4, -0.2) is 39.5 Å². The number of aromatic nitrogens is 1. The fraction of sp³-hybridized carbons (Fsp3) is 0.267. The van der Waals surface area contributed by atoms with Crippen molar-refractivity contribution in [3.8, 4) is 11.5 Å². The first-order valence-electron chi connectivity index (χ1n) is 6.90. The number of benzene rings is 1. The van der Waals surface area contributed by atoms with E-state index in [1.807, 2.05) is 0 Å². The lowest BCUT2D eigenvalue weighted by molar-refractivity contribution is -0.137. The molecule has 8 heteroatoms. The number of carbonyl (C=O) groups is 2. The maximum absolute atomic E-state index is 13.7. The second-order valence-electron chi connectivity index (χ2n) is 5.19. The Bertz CT molecular complexity index is 750. The largest absolute Gasteiger partial charge is 0.480 e. The molecule has 1 aromatic heterocycles. The molecule has 0 spiro atoms. The van der Waals surface area contributed by atoms with Gasteiger partial charge in [-0.15, -0.1) is 0 Å². The monoisotopic (exact) mass is 322 g/mol. The van der Waals surface area contributed by atoms with E-state index in [9.17, 15) is 18.4 Å². The van der Waals surface area contributed by atoms with Crippen LogP contribution in [0.4, 0.5) is 8.78 Å². The Balaban J connectivity index is 1.89. The first kappa shape index (κ1) is 15.1. The van der Waals surface area contributed by atoms with Crippen molar-refractivity contribution in [1.29, 1.82) is 0 Å². The summed E-state index contributed by atoms with van der Waals surface area (Å²) in [5.41, 5.74) is -0.654. The van der Waals surface area contributed by atoms with Gasteiger partial charge in [-0.2, -0.15) is 0 Å². The quantitative estimate of drug-likeness (QED) is 0.913. The molecule has 1 saturated carbocycles. The molecule has 1 heterocycles. The number of nitrogens with zero attached hydrogens (tertiary/aromatic N) is 2. The zero-order valence-electron chi connectivity index (χ0n) is 11.8. The lowest BCUT2D eigenvalue weighted by Crippen LogP contribution is -2.37. The topological polar surface area (TPSA) is 83.6 Å².